The molecule has 3 nitrogen and oxygen atoms in total. The third-order valence-corrected chi connectivity index (χ3v) is 5.42. The van der Waals surface area contributed by atoms with Gasteiger partial charge in [0, 0.05) is 28.9 Å². The molecular weight excluding hydrogens is 294 g/mol. The summed E-state index contributed by atoms with van der Waals surface area (Å²) >= 11 is 0. The Balaban J connectivity index is 3.15. The van der Waals surface area contributed by atoms with Crippen LogP contribution in [0, 0.1) is 5.92 Å². The van der Waals surface area contributed by atoms with Crippen molar-refractivity contribution in [2.45, 2.75) is 105 Å². The molecule has 1 rings (SSSR count). The topological polar surface area (TPSA) is 21.1 Å². The Morgan fingerprint density at radius 2 is 1.58 bits per heavy atom. The Labute approximate surface area is 150 Å². The van der Waals surface area contributed by atoms with Gasteiger partial charge in [-0.05, 0) is 73.4 Å². The molecule has 0 aliphatic heterocycles. The normalized spacial score (nSPS) is 14.2. The Morgan fingerprint density at radius 1 is 1.04 bits per heavy atom. The van der Waals surface area contributed by atoms with Gasteiger partial charge in [-0.1, -0.05) is 27.7 Å². The van der Waals surface area contributed by atoms with Gasteiger partial charge in [-0.15, -0.1) is 0 Å². The Bertz CT molecular complexity index is 521. The Hall–Kier alpha value is -0.830. The van der Waals surface area contributed by atoms with E-state index < -0.39 is 0 Å². The van der Waals surface area contributed by atoms with Gasteiger partial charge in [0.25, 0.3) is 0 Å². The maximum absolute atomic E-state index is 4.72. The maximum atomic E-state index is 4.72. The van der Waals surface area contributed by atoms with Crippen LogP contribution >= 0.6 is 0 Å². The number of hydrogen-bond donors (Lipinski definition) is 0. The molecule has 1 aromatic heterocycles. The zero-order valence-corrected chi connectivity index (χ0v) is 18.1. The lowest BCUT2D eigenvalue weighted by molar-refractivity contribution is 0.0859. The van der Waals surface area contributed by atoms with Crippen LogP contribution < -0.4 is 0 Å². The summed E-state index contributed by atoms with van der Waals surface area (Å²) in [6, 6.07) is 2.76. The van der Waals surface area contributed by atoms with Crippen molar-refractivity contribution in [3.63, 3.8) is 0 Å². The molecule has 0 saturated carbocycles. The first-order chi connectivity index (χ1) is 10.7. The Kier molecular flexibility index (Phi) is 6.36. The SMILES string of the molecule is CC(C)CC(C)(C)n1nccc1C(C)(C)CC(C)(C)N(C)C(C)C. The van der Waals surface area contributed by atoms with Crippen molar-refractivity contribution in [3.05, 3.63) is 18.0 Å². The van der Waals surface area contributed by atoms with Gasteiger partial charge in [-0.25, -0.2) is 0 Å². The van der Waals surface area contributed by atoms with Crippen molar-refractivity contribution in [3.8, 4) is 0 Å². The van der Waals surface area contributed by atoms with Crippen molar-refractivity contribution >= 4 is 0 Å². The average molecular weight is 336 g/mol. The van der Waals surface area contributed by atoms with Crippen LogP contribution in [0.1, 0.15) is 87.8 Å². The lowest BCUT2D eigenvalue weighted by atomic mass is 9.76. The van der Waals surface area contributed by atoms with Gasteiger partial charge >= 0.3 is 0 Å². The zero-order valence-electron chi connectivity index (χ0n) is 18.1. The van der Waals surface area contributed by atoms with E-state index in [0.717, 1.165) is 12.8 Å². The highest BCUT2D eigenvalue weighted by Crippen LogP contribution is 2.37. The first-order valence-electron chi connectivity index (χ1n) is 9.48. The van der Waals surface area contributed by atoms with Gasteiger partial charge in [0.2, 0.25) is 0 Å². The summed E-state index contributed by atoms with van der Waals surface area (Å²) in [6.07, 6.45) is 4.20. The molecule has 0 fully saturated rings. The Morgan fingerprint density at radius 3 is 2.04 bits per heavy atom. The van der Waals surface area contributed by atoms with Crippen LogP contribution in [0.25, 0.3) is 0 Å². The van der Waals surface area contributed by atoms with Crippen LogP contribution in [-0.2, 0) is 11.0 Å². The molecule has 24 heavy (non-hydrogen) atoms. The summed E-state index contributed by atoms with van der Waals surface area (Å²) in [4.78, 5) is 2.48. The summed E-state index contributed by atoms with van der Waals surface area (Å²) in [5, 5.41) is 4.72. The maximum Gasteiger partial charge on any atom is 0.0577 e. The van der Waals surface area contributed by atoms with Gasteiger partial charge < -0.3 is 0 Å². The summed E-state index contributed by atoms with van der Waals surface area (Å²) in [5.41, 5.74) is 1.59. The van der Waals surface area contributed by atoms with Crippen molar-refractivity contribution in [2.75, 3.05) is 7.05 Å². The molecule has 0 spiro atoms. The number of hydrogen-bond acceptors (Lipinski definition) is 2. The molecule has 0 unspecified atom stereocenters. The molecule has 0 aromatic carbocycles. The van der Waals surface area contributed by atoms with Gasteiger partial charge in [-0.2, -0.15) is 5.10 Å². The van der Waals surface area contributed by atoms with E-state index >= 15 is 0 Å². The van der Waals surface area contributed by atoms with E-state index in [4.69, 9.17) is 5.10 Å². The summed E-state index contributed by atoms with van der Waals surface area (Å²) in [5.74, 6) is 0.656. The van der Waals surface area contributed by atoms with Gasteiger partial charge in [0.15, 0.2) is 0 Å². The van der Waals surface area contributed by atoms with Crippen LogP contribution in [-0.4, -0.2) is 33.3 Å². The quantitative estimate of drug-likeness (QED) is 0.630. The summed E-state index contributed by atoms with van der Waals surface area (Å²) in [6.45, 7) is 23.2. The van der Waals surface area contributed by atoms with Crippen LogP contribution in [0.15, 0.2) is 12.3 Å². The highest BCUT2D eigenvalue weighted by molar-refractivity contribution is 5.17. The fourth-order valence-electron chi connectivity index (χ4n) is 4.38. The highest BCUT2D eigenvalue weighted by atomic mass is 15.3. The minimum absolute atomic E-state index is 0.0400. The van der Waals surface area contributed by atoms with E-state index in [0.29, 0.717) is 12.0 Å². The average Bonchev–Trinajstić information content (AvgIpc) is 2.85. The minimum Gasteiger partial charge on any atom is -0.299 e. The van der Waals surface area contributed by atoms with E-state index in [9.17, 15) is 0 Å². The lowest BCUT2D eigenvalue weighted by Gasteiger charge is -2.44. The standard InChI is InChI=1S/C21H41N3/c1-16(2)14-20(7,8)24-18(12-13-22-24)19(5,6)15-21(9,10)23(11)17(3)4/h12-13,16-17H,14-15H2,1-11H3. The zero-order chi connectivity index (χ0) is 18.9. The molecule has 0 atom stereocenters. The molecule has 0 amide bonds. The third-order valence-electron chi connectivity index (χ3n) is 5.42. The lowest BCUT2D eigenvalue weighted by Crippen LogP contribution is -2.49. The van der Waals surface area contributed by atoms with Crippen LogP contribution in [0.4, 0.5) is 0 Å². The van der Waals surface area contributed by atoms with Crippen molar-refractivity contribution in [2.24, 2.45) is 5.92 Å². The van der Waals surface area contributed by atoms with Gasteiger partial charge in [0.1, 0.15) is 0 Å². The van der Waals surface area contributed by atoms with E-state index in [1.807, 2.05) is 6.20 Å². The number of aromatic nitrogens is 2. The monoisotopic (exact) mass is 335 g/mol. The first kappa shape index (κ1) is 21.2. The highest BCUT2D eigenvalue weighted by Gasteiger charge is 2.37. The van der Waals surface area contributed by atoms with Crippen LogP contribution in [0.5, 0.6) is 0 Å². The van der Waals surface area contributed by atoms with Crippen molar-refractivity contribution < 1.29 is 0 Å². The van der Waals surface area contributed by atoms with Gasteiger partial charge in [0.05, 0.1) is 5.54 Å². The molecule has 0 N–H and O–H groups in total. The number of rotatable bonds is 8. The fraction of sp³-hybridized carbons (Fsp3) is 0.857. The summed E-state index contributed by atoms with van der Waals surface area (Å²) in [7, 11) is 2.24. The number of nitrogens with zero attached hydrogens (tertiary/aromatic N) is 3. The fourth-order valence-corrected chi connectivity index (χ4v) is 4.38. The largest absolute Gasteiger partial charge is 0.299 e. The van der Waals surface area contributed by atoms with E-state index in [1.165, 1.54) is 5.69 Å². The van der Waals surface area contributed by atoms with Crippen molar-refractivity contribution in [1.82, 2.24) is 14.7 Å². The molecule has 1 heterocycles. The van der Waals surface area contributed by atoms with Gasteiger partial charge in [-0.3, -0.25) is 9.58 Å². The second-order valence-electron chi connectivity index (χ2n) is 10.1. The van der Waals surface area contributed by atoms with Crippen LogP contribution in [0.2, 0.25) is 0 Å². The molecule has 0 radical (unpaired) electrons. The second-order valence-corrected chi connectivity index (χ2v) is 10.1. The predicted octanol–water partition coefficient (Wildman–Crippen LogP) is 5.45. The smallest absolute Gasteiger partial charge is 0.0577 e. The molecule has 1 aromatic rings. The molecular formula is C21H41N3. The summed E-state index contributed by atoms with van der Waals surface area (Å²) < 4.78 is 2.28. The molecule has 0 saturated heterocycles. The molecule has 0 bridgehead atoms. The molecule has 3 heteroatoms. The molecule has 0 aliphatic rings. The molecule has 140 valence electrons. The van der Waals surface area contributed by atoms with E-state index in [1.54, 1.807) is 0 Å². The predicted molar refractivity (Wildman–Crippen MR) is 106 cm³/mol. The first-order valence-corrected chi connectivity index (χ1v) is 9.48. The van der Waals surface area contributed by atoms with Crippen molar-refractivity contribution in [1.29, 1.82) is 0 Å². The third kappa shape index (κ3) is 4.84. The van der Waals surface area contributed by atoms with Crippen LogP contribution in [0.3, 0.4) is 0 Å². The van der Waals surface area contributed by atoms with E-state index in [2.05, 4.69) is 91.9 Å². The minimum atomic E-state index is 0.0400. The second kappa shape index (κ2) is 7.19. The van der Waals surface area contributed by atoms with E-state index in [-0.39, 0.29) is 16.5 Å². The molecule has 0 aliphatic carbocycles.